The van der Waals surface area contributed by atoms with Crippen molar-refractivity contribution in [1.29, 1.82) is 0 Å². The summed E-state index contributed by atoms with van der Waals surface area (Å²) in [5, 5.41) is 2.80. The summed E-state index contributed by atoms with van der Waals surface area (Å²) >= 11 is 0. The predicted octanol–water partition coefficient (Wildman–Crippen LogP) is 5.20. The summed E-state index contributed by atoms with van der Waals surface area (Å²) in [5.41, 5.74) is -1.03. The van der Waals surface area contributed by atoms with Gasteiger partial charge in [-0.15, -0.1) is 0 Å². The number of sulfone groups is 1. The molecule has 1 fully saturated rings. The van der Waals surface area contributed by atoms with Crippen molar-refractivity contribution >= 4 is 15.7 Å². The van der Waals surface area contributed by atoms with Gasteiger partial charge in [0.2, 0.25) is 5.82 Å². The lowest BCUT2D eigenvalue weighted by atomic mass is 9.69. The number of rotatable bonds is 6. The molecule has 5 nitrogen and oxygen atoms in total. The van der Waals surface area contributed by atoms with Crippen molar-refractivity contribution in [2.75, 3.05) is 11.9 Å². The van der Waals surface area contributed by atoms with Gasteiger partial charge in [-0.05, 0) is 62.8 Å². The fraction of sp³-hybridized carbons (Fsp3) is 0.500. The number of nitrogens with one attached hydrogen (secondary N) is 1. The van der Waals surface area contributed by atoms with E-state index >= 15 is 0 Å². The topological polar surface area (TPSA) is 72.0 Å². The van der Waals surface area contributed by atoms with E-state index in [0.29, 0.717) is 18.9 Å². The van der Waals surface area contributed by atoms with Crippen LogP contribution < -0.4 is 5.32 Å². The number of alkyl halides is 6. The Hall–Kier alpha value is -2.37. The predicted molar refractivity (Wildman–Crippen MR) is 104 cm³/mol. The van der Waals surface area contributed by atoms with Crippen molar-refractivity contribution in [1.82, 2.24) is 9.97 Å². The molecular weight excluding hydrogens is 460 g/mol. The van der Waals surface area contributed by atoms with Crippen molar-refractivity contribution < 1.29 is 34.8 Å². The molecule has 12 heteroatoms. The first-order valence-electron chi connectivity index (χ1n) is 9.68. The Bertz CT molecular complexity index is 1080. The Labute approximate surface area is 181 Å². The van der Waals surface area contributed by atoms with Gasteiger partial charge in [-0.3, -0.25) is 0 Å². The Morgan fingerprint density at radius 3 is 2.28 bits per heavy atom. The third-order valence-corrected chi connectivity index (χ3v) is 8.46. The molecule has 0 radical (unpaired) electrons. The molecule has 0 spiro atoms. The van der Waals surface area contributed by atoms with Crippen LogP contribution in [-0.2, 0) is 22.2 Å². The lowest BCUT2D eigenvalue weighted by Gasteiger charge is -2.45. The molecular formula is C20H21F6N3O2S. The van der Waals surface area contributed by atoms with Gasteiger partial charge >= 0.3 is 12.4 Å². The second-order valence-electron chi connectivity index (χ2n) is 8.31. The van der Waals surface area contributed by atoms with Crippen LogP contribution in [0.15, 0.2) is 41.4 Å². The molecule has 1 aromatic heterocycles. The number of halogens is 6. The Morgan fingerprint density at radius 2 is 1.69 bits per heavy atom. The standard InChI is InChI=1S/C20H21F6N3O2S/c1-18(2,32(30,31)15-5-3-4-13(10-15)19(21,22)23)14-8-12(9-14)11-28-16-6-7-27-17(29-16)20(24,25)26/h3-7,10,12,14H,8-9,11H2,1-2H3,(H,27,28,29). The van der Waals surface area contributed by atoms with E-state index in [4.69, 9.17) is 0 Å². The van der Waals surface area contributed by atoms with Crippen LogP contribution in [0, 0.1) is 11.8 Å². The number of benzene rings is 1. The summed E-state index contributed by atoms with van der Waals surface area (Å²) in [6, 6.07) is 4.97. The van der Waals surface area contributed by atoms with E-state index < -0.39 is 38.3 Å². The van der Waals surface area contributed by atoms with Crippen LogP contribution in [0.5, 0.6) is 0 Å². The smallest absolute Gasteiger partial charge is 0.370 e. The largest absolute Gasteiger partial charge is 0.451 e. The molecule has 1 saturated carbocycles. The molecule has 3 rings (SSSR count). The highest BCUT2D eigenvalue weighted by molar-refractivity contribution is 7.92. The SMILES string of the molecule is CC(C)(C1CC(CNc2ccnc(C(F)(F)F)n2)C1)S(=O)(=O)c1cccc(C(F)(F)F)c1. The van der Waals surface area contributed by atoms with Crippen molar-refractivity contribution in [2.45, 2.75) is 48.7 Å². The van der Waals surface area contributed by atoms with E-state index in [0.717, 1.165) is 24.4 Å². The third-order valence-electron chi connectivity index (χ3n) is 5.86. The van der Waals surface area contributed by atoms with Gasteiger partial charge in [0.25, 0.3) is 0 Å². The summed E-state index contributed by atoms with van der Waals surface area (Å²) in [5.74, 6) is -1.58. The second kappa shape index (κ2) is 8.20. The van der Waals surface area contributed by atoms with E-state index in [1.165, 1.54) is 19.9 Å². The Morgan fingerprint density at radius 1 is 1.03 bits per heavy atom. The minimum absolute atomic E-state index is 0.00613. The fourth-order valence-corrected chi connectivity index (χ4v) is 5.45. The zero-order valence-electron chi connectivity index (χ0n) is 17.1. The average molecular weight is 481 g/mol. The lowest BCUT2D eigenvalue weighted by molar-refractivity contribution is -0.145. The molecule has 1 aromatic carbocycles. The quantitative estimate of drug-likeness (QED) is 0.574. The van der Waals surface area contributed by atoms with Crippen molar-refractivity contribution in [3.8, 4) is 0 Å². The van der Waals surface area contributed by atoms with Gasteiger partial charge in [0.05, 0.1) is 15.2 Å². The molecule has 1 heterocycles. The molecule has 32 heavy (non-hydrogen) atoms. The van der Waals surface area contributed by atoms with Crippen LogP contribution in [-0.4, -0.2) is 29.7 Å². The highest BCUT2D eigenvalue weighted by Gasteiger charge is 2.48. The zero-order chi connectivity index (χ0) is 23.9. The highest BCUT2D eigenvalue weighted by Crippen LogP contribution is 2.46. The molecule has 0 atom stereocenters. The normalized spacial score (nSPS) is 20.0. The summed E-state index contributed by atoms with van der Waals surface area (Å²) < 4.78 is 102. The molecule has 0 saturated heterocycles. The van der Waals surface area contributed by atoms with E-state index in [2.05, 4.69) is 15.3 Å². The van der Waals surface area contributed by atoms with Crippen molar-refractivity contribution in [2.24, 2.45) is 11.8 Å². The van der Waals surface area contributed by atoms with E-state index in [1.807, 2.05) is 0 Å². The van der Waals surface area contributed by atoms with Gasteiger partial charge in [-0.25, -0.2) is 18.4 Å². The van der Waals surface area contributed by atoms with Gasteiger partial charge in [0.1, 0.15) is 5.82 Å². The number of aromatic nitrogens is 2. The number of hydrogen-bond donors (Lipinski definition) is 1. The second-order valence-corrected chi connectivity index (χ2v) is 10.8. The van der Waals surface area contributed by atoms with Crippen LogP contribution >= 0.6 is 0 Å². The molecule has 1 N–H and O–H groups in total. The number of nitrogens with zero attached hydrogens (tertiary/aromatic N) is 2. The van der Waals surface area contributed by atoms with Crippen LogP contribution in [0.3, 0.4) is 0 Å². The summed E-state index contributed by atoms with van der Waals surface area (Å²) in [6.07, 6.45) is -7.42. The molecule has 1 aliphatic rings. The van der Waals surface area contributed by atoms with E-state index in [9.17, 15) is 34.8 Å². The zero-order valence-corrected chi connectivity index (χ0v) is 17.9. The van der Waals surface area contributed by atoms with Gasteiger partial charge in [0.15, 0.2) is 9.84 Å². The molecule has 2 aromatic rings. The van der Waals surface area contributed by atoms with Crippen molar-refractivity contribution in [3.05, 3.63) is 47.9 Å². The van der Waals surface area contributed by atoms with Crippen molar-refractivity contribution in [3.63, 3.8) is 0 Å². The minimum atomic E-state index is -4.67. The van der Waals surface area contributed by atoms with Crippen LogP contribution in [0.2, 0.25) is 0 Å². The lowest BCUT2D eigenvalue weighted by Crippen LogP contribution is -2.47. The minimum Gasteiger partial charge on any atom is -0.370 e. The van der Waals surface area contributed by atoms with Gasteiger partial charge in [0, 0.05) is 12.7 Å². The van der Waals surface area contributed by atoms with E-state index in [1.54, 1.807) is 0 Å². The van der Waals surface area contributed by atoms with E-state index in [-0.39, 0.29) is 29.1 Å². The number of hydrogen-bond acceptors (Lipinski definition) is 5. The van der Waals surface area contributed by atoms with Crippen LogP contribution in [0.4, 0.5) is 32.2 Å². The molecule has 176 valence electrons. The van der Waals surface area contributed by atoms with Crippen LogP contribution in [0.1, 0.15) is 38.1 Å². The first-order valence-corrected chi connectivity index (χ1v) is 11.2. The average Bonchev–Trinajstić information content (AvgIpc) is 2.65. The summed E-state index contributed by atoms with van der Waals surface area (Å²) in [4.78, 5) is 6.20. The molecule has 0 aliphatic heterocycles. The van der Waals surface area contributed by atoms with Crippen LogP contribution in [0.25, 0.3) is 0 Å². The summed E-state index contributed by atoms with van der Waals surface area (Å²) in [6.45, 7) is 3.25. The maximum atomic E-state index is 13.1. The maximum absolute atomic E-state index is 13.1. The molecule has 0 unspecified atom stereocenters. The number of anilines is 1. The fourth-order valence-electron chi connectivity index (χ4n) is 3.68. The van der Waals surface area contributed by atoms with Gasteiger partial charge < -0.3 is 5.32 Å². The highest BCUT2D eigenvalue weighted by atomic mass is 32.2. The van der Waals surface area contributed by atoms with Gasteiger partial charge in [-0.2, -0.15) is 26.3 Å². The van der Waals surface area contributed by atoms with Gasteiger partial charge in [-0.1, -0.05) is 6.07 Å². The first-order chi connectivity index (χ1) is 14.6. The first kappa shape index (κ1) is 24.3. The monoisotopic (exact) mass is 481 g/mol. The Kier molecular flexibility index (Phi) is 6.22. The Balaban J connectivity index is 1.64. The maximum Gasteiger partial charge on any atom is 0.451 e. The molecule has 0 bridgehead atoms. The third kappa shape index (κ3) is 4.84. The molecule has 0 amide bonds. The summed E-state index contributed by atoms with van der Waals surface area (Å²) in [7, 11) is -4.06. The molecule has 1 aliphatic carbocycles.